The smallest absolute Gasteiger partial charge is 0.123 e. The summed E-state index contributed by atoms with van der Waals surface area (Å²) in [6.45, 7) is 3.84. The summed E-state index contributed by atoms with van der Waals surface area (Å²) in [4.78, 5) is 2.47. The summed E-state index contributed by atoms with van der Waals surface area (Å²) in [5.74, 6) is 1.64. The zero-order chi connectivity index (χ0) is 12.4. The molecule has 1 aliphatic heterocycles. The molecular formula is C15H20N2O. The molecule has 1 aromatic carbocycles. The topological polar surface area (TPSA) is 38.5 Å². The van der Waals surface area contributed by atoms with Crippen LogP contribution in [0, 0.1) is 5.92 Å². The quantitative estimate of drug-likeness (QED) is 0.806. The van der Waals surface area contributed by atoms with Crippen molar-refractivity contribution in [1.82, 2.24) is 4.90 Å². The third-order valence-corrected chi connectivity index (χ3v) is 3.73. The summed E-state index contributed by atoms with van der Waals surface area (Å²) in [6.07, 6.45) is 5.48. The minimum atomic E-state index is 0.255. The molecule has 3 rings (SSSR count). The van der Waals surface area contributed by atoms with Crippen molar-refractivity contribution in [3.63, 3.8) is 0 Å². The van der Waals surface area contributed by atoms with Crippen molar-refractivity contribution in [3.05, 3.63) is 42.0 Å². The molecule has 96 valence electrons. The number of fused-ring (bicyclic) bond motifs is 1. The molecule has 2 atom stereocenters. The van der Waals surface area contributed by atoms with Gasteiger partial charge in [0.1, 0.15) is 12.4 Å². The van der Waals surface area contributed by atoms with Gasteiger partial charge in [0, 0.05) is 31.2 Å². The van der Waals surface area contributed by atoms with E-state index in [2.05, 4.69) is 35.3 Å². The highest BCUT2D eigenvalue weighted by molar-refractivity contribution is 5.33. The average molecular weight is 244 g/mol. The number of hydrogen-bond acceptors (Lipinski definition) is 3. The first-order valence-corrected chi connectivity index (χ1v) is 6.68. The number of nitrogens with zero attached hydrogens (tertiary/aromatic N) is 1. The lowest BCUT2D eigenvalue weighted by atomic mass is 10.1. The van der Waals surface area contributed by atoms with Crippen molar-refractivity contribution >= 4 is 0 Å². The van der Waals surface area contributed by atoms with Crippen LogP contribution in [0.2, 0.25) is 0 Å². The Morgan fingerprint density at radius 1 is 1.28 bits per heavy atom. The van der Waals surface area contributed by atoms with E-state index in [1.54, 1.807) is 0 Å². The normalized spacial score (nSPS) is 27.6. The van der Waals surface area contributed by atoms with Gasteiger partial charge in [-0.15, -0.1) is 0 Å². The van der Waals surface area contributed by atoms with Gasteiger partial charge >= 0.3 is 0 Å². The lowest BCUT2D eigenvalue weighted by Gasteiger charge is -2.22. The van der Waals surface area contributed by atoms with Crippen LogP contribution in [-0.2, 0) is 6.54 Å². The molecule has 18 heavy (non-hydrogen) atoms. The van der Waals surface area contributed by atoms with E-state index >= 15 is 0 Å². The van der Waals surface area contributed by atoms with Crippen LogP contribution in [0.1, 0.15) is 12.0 Å². The summed E-state index contributed by atoms with van der Waals surface area (Å²) in [5, 5.41) is 0. The van der Waals surface area contributed by atoms with Gasteiger partial charge in [0.25, 0.3) is 0 Å². The van der Waals surface area contributed by atoms with Gasteiger partial charge in [-0.05, 0) is 18.4 Å². The van der Waals surface area contributed by atoms with Gasteiger partial charge in [-0.3, -0.25) is 4.90 Å². The molecule has 1 aromatic rings. The van der Waals surface area contributed by atoms with Gasteiger partial charge in [0.05, 0.1) is 0 Å². The predicted molar refractivity (Wildman–Crippen MR) is 72.4 cm³/mol. The number of benzene rings is 1. The van der Waals surface area contributed by atoms with Crippen LogP contribution in [0.25, 0.3) is 0 Å². The van der Waals surface area contributed by atoms with E-state index in [1.807, 2.05) is 6.07 Å². The maximum Gasteiger partial charge on any atom is 0.123 e. The van der Waals surface area contributed by atoms with E-state index in [4.69, 9.17) is 10.5 Å². The summed E-state index contributed by atoms with van der Waals surface area (Å²) >= 11 is 0. The Labute approximate surface area is 108 Å². The molecule has 0 spiro atoms. The van der Waals surface area contributed by atoms with Crippen LogP contribution >= 0.6 is 0 Å². The Bertz CT molecular complexity index is 444. The first kappa shape index (κ1) is 11.8. The van der Waals surface area contributed by atoms with E-state index in [0.29, 0.717) is 5.92 Å². The van der Waals surface area contributed by atoms with Crippen molar-refractivity contribution < 1.29 is 4.74 Å². The number of ether oxygens (including phenoxy) is 1. The third-order valence-electron chi connectivity index (χ3n) is 3.73. The Balaban J connectivity index is 1.66. The number of para-hydroxylation sites is 1. The SMILES string of the molecule is NC1C=CC(CN2CCOc3ccccc3C2)C1. The number of rotatable bonds is 2. The monoisotopic (exact) mass is 244 g/mol. The Morgan fingerprint density at radius 2 is 2.17 bits per heavy atom. The van der Waals surface area contributed by atoms with Gasteiger partial charge in [-0.2, -0.15) is 0 Å². The van der Waals surface area contributed by atoms with Crippen LogP contribution < -0.4 is 10.5 Å². The van der Waals surface area contributed by atoms with Gasteiger partial charge in [-0.25, -0.2) is 0 Å². The first-order chi connectivity index (χ1) is 8.81. The molecule has 3 nitrogen and oxygen atoms in total. The van der Waals surface area contributed by atoms with Crippen LogP contribution in [0.3, 0.4) is 0 Å². The second-order valence-electron chi connectivity index (χ2n) is 5.24. The lowest BCUT2D eigenvalue weighted by molar-refractivity contribution is 0.208. The molecule has 2 N–H and O–H groups in total. The van der Waals surface area contributed by atoms with Gasteiger partial charge in [-0.1, -0.05) is 30.4 Å². The minimum Gasteiger partial charge on any atom is -0.492 e. The number of nitrogens with two attached hydrogens (primary N) is 1. The lowest BCUT2D eigenvalue weighted by Crippen LogP contribution is -2.31. The van der Waals surface area contributed by atoms with Crippen molar-refractivity contribution in [3.8, 4) is 5.75 Å². The summed E-state index contributed by atoms with van der Waals surface area (Å²) in [5.41, 5.74) is 7.20. The third kappa shape index (κ3) is 2.57. The van der Waals surface area contributed by atoms with Crippen molar-refractivity contribution in [1.29, 1.82) is 0 Å². The fourth-order valence-electron chi connectivity index (χ4n) is 2.81. The molecule has 0 saturated heterocycles. The zero-order valence-corrected chi connectivity index (χ0v) is 10.6. The van der Waals surface area contributed by atoms with Crippen molar-refractivity contribution in [2.75, 3.05) is 19.7 Å². The second kappa shape index (κ2) is 5.12. The Kier molecular flexibility index (Phi) is 3.35. The van der Waals surface area contributed by atoms with Gasteiger partial charge in [0.2, 0.25) is 0 Å². The van der Waals surface area contributed by atoms with Crippen LogP contribution in [0.4, 0.5) is 0 Å². The van der Waals surface area contributed by atoms with E-state index in [9.17, 15) is 0 Å². The molecule has 0 amide bonds. The van der Waals surface area contributed by atoms with E-state index in [-0.39, 0.29) is 6.04 Å². The molecular weight excluding hydrogens is 224 g/mol. The van der Waals surface area contributed by atoms with Crippen molar-refractivity contribution in [2.45, 2.75) is 19.0 Å². The fraction of sp³-hybridized carbons (Fsp3) is 0.467. The predicted octanol–water partition coefficient (Wildman–Crippen LogP) is 1.78. The van der Waals surface area contributed by atoms with E-state index in [0.717, 1.165) is 38.4 Å². The van der Waals surface area contributed by atoms with Gasteiger partial charge in [0.15, 0.2) is 0 Å². The van der Waals surface area contributed by atoms with Crippen LogP contribution in [-0.4, -0.2) is 30.6 Å². The summed E-state index contributed by atoms with van der Waals surface area (Å²) in [7, 11) is 0. The molecule has 0 bridgehead atoms. The molecule has 0 aromatic heterocycles. The Morgan fingerprint density at radius 3 is 3.00 bits per heavy atom. The Hall–Kier alpha value is -1.32. The number of hydrogen-bond donors (Lipinski definition) is 1. The summed E-state index contributed by atoms with van der Waals surface area (Å²) in [6, 6.07) is 8.59. The highest BCUT2D eigenvalue weighted by Crippen LogP contribution is 2.24. The van der Waals surface area contributed by atoms with Crippen LogP contribution in [0.5, 0.6) is 5.75 Å². The standard InChI is InChI=1S/C15H20N2O/c16-14-6-5-12(9-14)10-17-7-8-18-15-4-2-1-3-13(15)11-17/h1-6,12,14H,7-11,16H2. The molecule has 2 aliphatic rings. The van der Waals surface area contributed by atoms with Crippen molar-refractivity contribution in [2.24, 2.45) is 11.7 Å². The van der Waals surface area contributed by atoms with Gasteiger partial charge < -0.3 is 10.5 Å². The first-order valence-electron chi connectivity index (χ1n) is 6.68. The summed E-state index contributed by atoms with van der Waals surface area (Å²) < 4.78 is 5.78. The zero-order valence-electron chi connectivity index (χ0n) is 10.6. The van der Waals surface area contributed by atoms with E-state index < -0.39 is 0 Å². The molecule has 0 radical (unpaired) electrons. The maximum atomic E-state index is 5.91. The fourth-order valence-corrected chi connectivity index (χ4v) is 2.81. The van der Waals surface area contributed by atoms with E-state index in [1.165, 1.54) is 5.56 Å². The average Bonchev–Trinajstić information content (AvgIpc) is 2.66. The van der Waals surface area contributed by atoms with Crippen LogP contribution in [0.15, 0.2) is 36.4 Å². The molecule has 2 unspecified atom stereocenters. The molecule has 1 aliphatic carbocycles. The molecule has 0 saturated carbocycles. The molecule has 3 heteroatoms. The molecule has 1 heterocycles. The highest BCUT2D eigenvalue weighted by Gasteiger charge is 2.21. The minimum absolute atomic E-state index is 0.255. The molecule has 0 fully saturated rings. The largest absolute Gasteiger partial charge is 0.492 e. The maximum absolute atomic E-state index is 5.91. The second-order valence-corrected chi connectivity index (χ2v) is 5.24. The highest BCUT2D eigenvalue weighted by atomic mass is 16.5.